The van der Waals surface area contributed by atoms with Crippen molar-refractivity contribution in [1.82, 2.24) is 0 Å². The van der Waals surface area contributed by atoms with E-state index in [9.17, 15) is 4.79 Å². The van der Waals surface area contributed by atoms with Gasteiger partial charge in [-0.15, -0.1) is 0 Å². The predicted molar refractivity (Wildman–Crippen MR) is 168 cm³/mol. The SMILES string of the molecule is C[C@@H]1C[C@H]([Si](C)(C)C)[C@]2(C)C(=O)CCC[C@H]2[C@]1(C)CCO[Si](c1ccccc1)(c1ccccc1)C(C)(C)C. The first-order chi connectivity index (χ1) is 17.7. The Morgan fingerprint density at radius 2 is 1.45 bits per heavy atom. The van der Waals surface area contributed by atoms with E-state index in [0.717, 1.165) is 25.9 Å². The topological polar surface area (TPSA) is 26.3 Å². The molecule has 4 rings (SSSR count). The average Bonchev–Trinajstić information content (AvgIpc) is 2.85. The Balaban J connectivity index is 1.71. The van der Waals surface area contributed by atoms with Crippen LogP contribution in [0.25, 0.3) is 0 Å². The Labute approximate surface area is 235 Å². The maximum atomic E-state index is 13.7. The van der Waals surface area contributed by atoms with Crippen molar-refractivity contribution >= 4 is 32.5 Å². The molecule has 0 spiro atoms. The van der Waals surface area contributed by atoms with Gasteiger partial charge in [0.1, 0.15) is 5.78 Å². The molecule has 4 heteroatoms. The lowest BCUT2D eigenvalue weighted by Crippen LogP contribution is -2.67. The van der Waals surface area contributed by atoms with Crippen LogP contribution in [0.2, 0.25) is 30.2 Å². The summed E-state index contributed by atoms with van der Waals surface area (Å²) in [6, 6.07) is 22.0. The van der Waals surface area contributed by atoms with Crippen LogP contribution in [0.4, 0.5) is 0 Å². The van der Waals surface area contributed by atoms with Crippen molar-refractivity contribution in [2.75, 3.05) is 6.61 Å². The summed E-state index contributed by atoms with van der Waals surface area (Å²) in [6.45, 7) is 22.7. The molecule has 5 atom stereocenters. The van der Waals surface area contributed by atoms with E-state index in [1.165, 1.54) is 23.2 Å². The summed E-state index contributed by atoms with van der Waals surface area (Å²) in [5.41, 5.74) is 0.488. The van der Waals surface area contributed by atoms with Crippen molar-refractivity contribution in [1.29, 1.82) is 0 Å². The Bertz CT molecular complexity index is 1060. The molecule has 0 amide bonds. The molecule has 0 N–H and O–H groups in total. The Morgan fingerprint density at radius 1 is 0.921 bits per heavy atom. The summed E-state index contributed by atoms with van der Waals surface area (Å²) >= 11 is 0. The molecule has 38 heavy (non-hydrogen) atoms. The third-order valence-corrected chi connectivity index (χ3v) is 18.8. The van der Waals surface area contributed by atoms with Gasteiger partial charge in [-0.2, -0.15) is 0 Å². The second-order valence-electron chi connectivity index (χ2n) is 15.0. The minimum Gasteiger partial charge on any atom is -0.407 e. The molecule has 0 saturated heterocycles. The van der Waals surface area contributed by atoms with Crippen molar-refractivity contribution < 1.29 is 9.22 Å². The van der Waals surface area contributed by atoms with Crippen LogP contribution < -0.4 is 10.4 Å². The van der Waals surface area contributed by atoms with Gasteiger partial charge in [0.2, 0.25) is 0 Å². The summed E-state index contributed by atoms with van der Waals surface area (Å²) in [6.07, 6.45) is 5.21. The summed E-state index contributed by atoms with van der Waals surface area (Å²) in [4.78, 5) is 13.7. The van der Waals surface area contributed by atoms with Crippen LogP contribution in [-0.2, 0) is 9.22 Å². The van der Waals surface area contributed by atoms with Crippen LogP contribution in [-0.4, -0.2) is 28.8 Å². The standard InChI is InChI=1S/C34H52O2Si2/c1-26-25-31(37(7,8)9)34(6)29(21-16-22-30(34)35)33(26,5)23-24-36-38(32(2,3)4,27-17-12-10-13-18-27)28-19-14-11-15-20-28/h10-15,17-20,26,29,31H,16,21-25H2,1-9H3/t26-,29+,31+,33-,34+/m1/s1. The fraction of sp³-hybridized carbons (Fsp3) is 0.618. The predicted octanol–water partition coefficient (Wildman–Crippen LogP) is 8.08. The van der Waals surface area contributed by atoms with Crippen molar-refractivity contribution in [2.45, 2.75) is 104 Å². The van der Waals surface area contributed by atoms with Crippen LogP contribution in [0.5, 0.6) is 0 Å². The largest absolute Gasteiger partial charge is 0.407 e. The van der Waals surface area contributed by atoms with Gasteiger partial charge in [0.05, 0.1) is 0 Å². The summed E-state index contributed by atoms with van der Waals surface area (Å²) < 4.78 is 7.38. The third-order valence-electron chi connectivity index (χ3n) is 10.9. The van der Waals surface area contributed by atoms with Crippen molar-refractivity contribution in [2.24, 2.45) is 22.7 Å². The normalized spacial score (nSPS) is 30.7. The second kappa shape index (κ2) is 10.5. The van der Waals surface area contributed by atoms with Crippen molar-refractivity contribution in [3.05, 3.63) is 60.7 Å². The quantitative estimate of drug-likeness (QED) is 0.327. The number of carbonyl (C=O) groups is 1. The van der Waals surface area contributed by atoms with Gasteiger partial charge >= 0.3 is 0 Å². The smallest absolute Gasteiger partial charge is 0.261 e. The van der Waals surface area contributed by atoms with Crippen molar-refractivity contribution in [3.63, 3.8) is 0 Å². The molecule has 0 bridgehead atoms. The molecular formula is C34H52O2Si2. The molecule has 2 aromatic rings. The number of hydrogen-bond donors (Lipinski definition) is 0. The van der Waals surface area contributed by atoms with E-state index in [0.29, 0.717) is 23.2 Å². The molecule has 2 aromatic carbocycles. The van der Waals surface area contributed by atoms with Gasteiger partial charge in [0.25, 0.3) is 8.32 Å². The summed E-state index contributed by atoms with van der Waals surface area (Å²) in [5, 5.41) is 2.67. The zero-order valence-electron chi connectivity index (χ0n) is 25.6. The number of fused-ring (bicyclic) bond motifs is 1. The van der Waals surface area contributed by atoms with Gasteiger partial charge in [0.15, 0.2) is 0 Å². The monoisotopic (exact) mass is 548 g/mol. The first-order valence-electron chi connectivity index (χ1n) is 15.0. The van der Waals surface area contributed by atoms with E-state index in [1.807, 2.05) is 0 Å². The molecule has 0 heterocycles. The van der Waals surface area contributed by atoms with Gasteiger partial charge in [-0.25, -0.2) is 0 Å². The lowest BCUT2D eigenvalue weighted by molar-refractivity contribution is -0.150. The molecular weight excluding hydrogens is 497 g/mol. The van der Waals surface area contributed by atoms with Gasteiger partial charge in [-0.1, -0.05) is 122 Å². The molecule has 0 aromatic heterocycles. The van der Waals surface area contributed by atoms with Crippen LogP contribution in [0, 0.1) is 22.7 Å². The fourth-order valence-corrected chi connectivity index (χ4v) is 16.5. The minimum atomic E-state index is -2.57. The average molecular weight is 549 g/mol. The summed E-state index contributed by atoms with van der Waals surface area (Å²) in [7, 11) is -4.07. The summed E-state index contributed by atoms with van der Waals surface area (Å²) in [5.74, 6) is 1.58. The highest BCUT2D eigenvalue weighted by atomic mass is 28.4. The minimum absolute atomic E-state index is 0.0208. The Kier molecular flexibility index (Phi) is 8.13. The molecule has 208 valence electrons. The Morgan fingerprint density at radius 3 is 1.92 bits per heavy atom. The van der Waals surface area contributed by atoms with Crippen LogP contribution in [0.15, 0.2) is 60.7 Å². The molecule has 2 saturated carbocycles. The first kappa shape index (κ1) is 29.5. The van der Waals surface area contributed by atoms with E-state index < -0.39 is 16.4 Å². The highest BCUT2D eigenvalue weighted by Crippen LogP contribution is 2.66. The number of Topliss-reactive ketones (excluding diaryl/α,β-unsaturated/α-hetero) is 1. The zero-order chi connectivity index (χ0) is 28.0. The van der Waals surface area contributed by atoms with E-state index in [1.54, 1.807) is 0 Å². The molecule has 2 nitrogen and oxygen atoms in total. The lowest BCUT2D eigenvalue weighted by Gasteiger charge is -2.62. The van der Waals surface area contributed by atoms with Gasteiger partial charge in [0, 0.05) is 26.5 Å². The number of rotatable bonds is 7. The van der Waals surface area contributed by atoms with Gasteiger partial charge in [-0.3, -0.25) is 4.79 Å². The van der Waals surface area contributed by atoms with Crippen LogP contribution in [0.1, 0.15) is 73.6 Å². The van der Waals surface area contributed by atoms with E-state index in [2.05, 4.69) is 122 Å². The highest BCUT2D eigenvalue weighted by Gasteiger charge is 2.62. The third kappa shape index (κ3) is 4.83. The molecule has 2 aliphatic carbocycles. The number of carbonyl (C=O) groups excluding carboxylic acids is 1. The van der Waals surface area contributed by atoms with Crippen LogP contribution in [0.3, 0.4) is 0 Å². The van der Waals surface area contributed by atoms with Gasteiger partial charge < -0.3 is 4.43 Å². The maximum Gasteiger partial charge on any atom is 0.261 e. The fourth-order valence-electron chi connectivity index (χ4n) is 8.75. The number of benzene rings is 2. The first-order valence-corrected chi connectivity index (χ1v) is 20.5. The highest BCUT2D eigenvalue weighted by molar-refractivity contribution is 6.99. The van der Waals surface area contributed by atoms with E-state index in [-0.39, 0.29) is 15.9 Å². The maximum absolute atomic E-state index is 13.7. The van der Waals surface area contributed by atoms with E-state index in [4.69, 9.17) is 4.43 Å². The molecule has 0 unspecified atom stereocenters. The van der Waals surface area contributed by atoms with E-state index >= 15 is 0 Å². The van der Waals surface area contributed by atoms with Gasteiger partial charge in [-0.05, 0) is 63.9 Å². The second-order valence-corrected chi connectivity index (χ2v) is 24.7. The van der Waals surface area contributed by atoms with Crippen LogP contribution >= 0.6 is 0 Å². The molecule has 2 fully saturated rings. The number of ketones is 1. The molecule has 0 radical (unpaired) electrons. The zero-order valence-corrected chi connectivity index (χ0v) is 27.6. The van der Waals surface area contributed by atoms with Crippen molar-refractivity contribution in [3.8, 4) is 0 Å². The molecule has 2 aliphatic rings. The number of hydrogen-bond acceptors (Lipinski definition) is 2. The molecule has 0 aliphatic heterocycles. The Hall–Kier alpha value is -1.50. The lowest BCUT2D eigenvalue weighted by atomic mass is 9.47.